The predicted molar refractivity (Wildman–Crippen MR) is 68.0 cm³/mol. The zero-order chi connectivity index (χ0) is 13.8. The third-order valence-electron chi connectivity index (χ3n) is 2.58. The molecule has 0 saturated carbocycles. The van der Waals surface area contributed by atoms with Crippen molar-refractivity contribution in [3.05, 3.63) is 53.5 Å². The molecule has 0 fully saturated rings. The number of hydrogen-bond donors (Lipinski definition) is 1. The maximum Gasteiger partial charge on any atom is 0.224 e. The van der Waals surface area contributed by atoms with Crippen LogP contribution in [0.25, 0.3) is 0 Å². The van der Waals surface area contributed by atoms with Gasteiger partial charge in [-0.15, -0.1) is 0 Å². The first kappa shape index (κ1) is 13.0. The Morgan fingerprint density at radius 2 is 2.16 bits per heavy atom. The molecule has 1 aromatic heterocycles. The lowest BCUT2D eigenvalue weighted by Crippen LogP contribution is -2.07. The lowest BCUT2D eigenvalue weighted by atomic mass is 10.1. The molecule has 0 unspecified atom stereocenters. The summed E-state index contributed by atoms with van der Waals surface area (Å²) in [5, 5.41) is 8.94. The van der Waals surface area contributed by atoms with Crippen LogP contribution in [0.1, 0.15) is 24.1 Å². The van der Waals surface area contributed by atoms with Crippen molar-refractivity contribution in [2.75, 3.05) is 0 Å². The van der Waals surface area contributed by atoms with Gasteiger partial charge < -0.3 is 10.5 Å². The van der Waals surface area contributed by atoms with Crippen molar-refractivity contribution >= 4 is 0 Å². The Hall–Kier alpha value is -2.45. The fourth-order valence-electron chi connectivity index (χ4n) is 1.64. The van der Waals surface area contributed by atoms with Gasteiger partial charge in [-0.25, -0.2) is 9.37 Å². The molecule has 5 heteroatoms. The maximum absolute atomic E-state index is 13.5. The van der Waals surface area contributed by atoms with Crippen molar-refractivity contribution in [3.8, 4) is 17.7 Å². The van der Waals surface area contributed by atoms with E-state index in [2.05, 4.69) is 4.98 Å². The number of rotatable bonds is 3. The van der Waals surface area contributed by atoms with Crippen molar-refractivity contribution in [1.82, 2.24) is 4.98 Å². The smallest absolute Gasteiger partial charge is 0.224 e. The number of hydrogen-bond acceptors (Lipinski definition) is 4. The first-order valence-electron chi connectivity index (χ1n) is 5.70. The van der Waals surface area contributed by atoms with Crippen molar-refractivity contribution in [2.45, 2.75) is 13.0 Å². The standard InChI is InChI=1S/C14H12FN3O/c1-9(17)10-4-3-7-18-14(10)19-13-6-2-5-12(15)11(13)8-16/h2-7,9H,17H2,1H3/t9-/m0/s1. The topological polar surface area (TPSA) is 71.9 Å². The molecule has 0 saturated heterocycles. The number of pyridine rings is 1. The molecule has 0 aliphatic rings. The largest absolute Gasteiger partial charge is 0.437 e. The fraction of sp³-hybridized carbons (Fsp3) is 0.143. The van der Waals surface area contributed by atoms with Gasteiger partial charge in [0.05, 0.1) is 0 Å². The van der Waals surface area contributed by atoms with E-state index in [0.29, 0.717) is 5.56 Å². The Kier molecular flexibility index (Phi) is 3.74. The number of halogens is 1. The molecule has 2 rings (SSSR count). The highest BCUT2D eigenvalue weighted by Gasteiger charge is 2.14. The van der Waals surface area contributed by atoms with Gasteiger partial charge in [-0.1, -0.05) is 12.1 Å². The molecule has 0 radical (unpaired) electrons. The number of nitriles is 1. The molecule has 4 nitrogen and oxygen atoms in total. The monoisotopic (exact) mass is 257 g/mol. The summed E-state index contributed by atoms with van der Waals surface area (Å²) in [5.74, 6) is -0.221. The van der Waals surface area contributed by atoms with E-state index >= 15 is 0 Å². The zero-order valence-corrected chi connectivity index (χ0v) is 10.3. The molecule has 1 heterocycles. The average molecular weight is 257 g/mol. The second-order valence-electron chi connectivity index (χ2n) is 4.01. The number of nitrogens with two attached hydrogens (primary N) is 1. The molecule has 0 bridgehead atoms. The van der Waals surface area contributed by atoms with E-state index in [9.17, 15) is 4.39 Å². The second-order valence-corrected chi connectivity index (χ2v) is 4.01. The van der Waals surface area contributed by atoms with Crippen LogP contribution in [0.5, 0.6) is 11.6 Å². The van der Waals surface area contributed by atoms with E-state index in [1.54, 1.807) is 31.3 Å². The highest BCUT2D eigenvalue weighted by molar-refractivity contribution is 5.46. The minimum Gasteiger partial charge on any atom is -0.437 e. The second kappa shape index (κ2) is 5.46. The van der Waals surface area contributed by atoms with E-state index in [4.69, 9.17) is 15.7 Å². The van der Waals surface area contributed by atoms with E-state index in [1.807, 2.05) is 0 Å². The first-order valence-corrected chi connectivity index (χ1v) is 5.70. The Balaban J connectivity index is 2.43. The SMILES string of the molecule is C[C@H](N)c1cccnc1Oc1cccc(F)c1C#N. The highest BCUT2D eigenvalue weighted by Crippen LogP contribution is 2.29. The van der Waals surface area contributed by atoms with Crippen LogP contribution < -0.4 is 10.5 Å². The summed E-state index contributed by atoms with van der Waals surface area (Å²) in [7, 11) is 0. The normalized spacial score (nSPS) is 11.7. The van der Waals surface area contributed by atoms with Crippen molar-refractivity contribution < 1.29 is 9.13 Å². The van der Waals surface area contributed by atoms with E-state index in [1.165, 1.54) is 18.2 Å². The lowest BCUT2D eigenvalue weighted by molar-refractivity contribution is 0.446. The molecule has 1 aromatic carbocycles. The molecule has 96 valence electrons. The van der Waals surface area contributed by atoms with Crippen LogP contribution >= 0.6 is 0 Å². The number of nitrogens with zero attached hydrogens (tertiary/aromatic N) is 2. The van der Waals surface area contributed by atoms with Gasteiger partial charge in [0, 0.05) is 17.8 Å². The van der Waals surface area contributed by atoms with Gasteiger partial charge in [0.25, 0.3) is 0 Å². The van der Waals surface area contributed by atoms with Crippen LogP contribution in [0.4, 0.5) is 4.39 Å². The van der Waals surface area contributed by atoms with E-state index < -0.39 is 5.82 Å². The number of ether oxygens (including phenoxy) is 1. The molecular formula is C14H12FN3O. The fourth-order valence-corrected chi connectivity index (χ4v) is 1.64. The van der Waals surface area contributed by atoms with Crippen molar-refractivity contribution in [3.63, 3.8) is 0 Å². The minimum absolute atomic E-state index is 0.128. The maximum atomic E-state index is 13.5. The quantitative estimate of drug-likeness (QED) is 0.917. The van der Waals surface area contributed by atoms with Gasteiger partial charge >= 0.3 is 0 Å². The van der Waals surface area contributed by atoms with Gasteiger partial charge in [0.15, 0.2) is 0 Å². The van der Waals surface area contributed by atoms with Gasteiger partial charge in [0.1, 0.15) is 23.2 Å². The Morgan fingerprint density at radius 1 is 1.37 bits per heavy atom. The summed E-state index contributed by atoms with van der Waals surface area (Å²) in [6, 6.07) is 9.21. The Labute approximate surface area is 110 Å². The summed E-state index contributed by atoms with van der Waals surface area (Å²) < 4.78 is 19.0. The summed E-state index contributed by atoms with van der Waals surface area (Å²) in [4.78, 5) is 4.07. The summed E-state index contributed by atoms with van der Waals surface area (Å²) in [5.41, 5.74) is 6.35. The van der Waals surface area contributed by atoms with Crippen LogP contribution in [0.15, 0.2) is 36.5 Å². The van der Waals surface area contributed by atoms with Gasteiger partial charge in [-0.05, 0) is 25.1 Å². The molecule has 0 aliphatic heterocycles. The van der Waals surface area contributed by atoms with Crippen LogP contribution in [0.3, 0.4) is 0 Å². The predicted octanol–water partition coefficient (Wildman–Crippen LogP) is 2.90. The molecule has 0 amide bonds. The van der Waals surface area contributed by atoms with E-state index in [0.717, 1.165) is 0 Å². The summed E-state index contributed by atoms with van der Waals surface area (Å²) >= 11 is 0. The Bertz CT molecular complexity index is 635. The highest BCUT2D eigenvalue weighted by atomic mass is 19.1. The molecule has 2 aromatic rings. The lowest BCUT2D eigenvalue weighted by Gasteiger charge is -2.12. The van der Waals surface area contributed by atoms with Gasteiger partial charge in [0.2, 0.25) is 5.88 Å². The third-order valence-corrected chi connectivity index (χ3v) is 2.58. The van der Waals surface area contributed by atoms with Crippen LogP contribution in [-0.4, -0.2) is 4.98 Å². The van der Waals surface area contributed by atoms with Crippen molar-refractivity contribution in [2.24, 2.45) is 5.73 Å². The zero-order valence-electron chi connectivity index (χ0n) is 10.3. The summed E-state index contributed by atoms with van der Waals surface area (Å²) in [6.45, 7) is 1.79. The van der Waals surface area contributed by atoms with Crippen LogP contribution in [-0.2, 0) is 0 Å². The molecule has 19 heavy (non-hydrogen) atoms. The van der Waals surface area contributed by atoms with Gasteiger partial charge in [-0.2, -0.15) is 5.26 Å². The molecule has 0 aliphatic carbocycles. The molecule has 2 N–H and O–H groups in total. The summed E-state index contributed by atoms with van der Waals surface area (Å²) in [6.07, 6.45) is 1.55. The molecular weight excluding hydrogens is 245 g/mol. The Morgan fingerprint density at radius 3 is 2.84 bits per heavy atom. The number of benzene rings is 1. The average Bonchev–Trinajstić information content (AvgIpc) is 2.39. The molecule has 0 spiro atoms. The third kappa shape index (κ3) is 2.69. The van der Waals surface area contributed by atoms with E-state index in [-0.39, 0.29) is 23.2 Å². The first-order chi connectivity index (χ1) is 9.13. The van der Waals surface area contributed by atoms with Crippen LogP contribution in [0, 0.1) is 17.1 Å². The minimum atomic E-state index is -0.627. The van der Waals surface area contributed by atoms with Crippen molar-refractivity contribution in [1.29, 1.82) is 5.26 Å². The van der Waals surface area contributed by atoms with Gasteiger partial charge in [-0.3, -0.25) is 0 Å². The molecule has 1 atom stereocenters. The number of aromatic nitrogens is 1. The van der Waals surface area contributed by atoms with Crippen LogP contribution in [0.2, 0.25) is 0 Å².